The lowest BCUT2D eigenvalue weighted by Crippen LogP contribution is -2.12. The number of aromatic nitrogens is 2. The first-order valence-electron chi connectivity index (χ1n) is 4.32. The Bertz CT molecular complexity index is 433. The summed E-state index contributed by atoms with van der Waals surface area (Å²) in [6.07, 6.45) is 2.56. The van der Waals surface area contributed by atoms with E-state index >= 15 is 0 Å². The monoisotopic (exact) mass is 189 g/mol. The lowest BCUT2D eigenvalue weighted by molar-refractivity contribution is 0.112. The van der Waals surface area contributed by atoms with Crippen LogP contribution in [0.4, 0.5) is 5.82 Å². The van der Waals surface area contributed by atoms with Gasteiger partial charge < -0.3 is 4.90 Å². The van der Waals surface area contributed by atoms with Crippen LogP contribution in [-0.4, -0.2) is 30.6 Å². The Hall–Kier alpha value is -1.84. The van der Waals surface area contributed by atoms with E-state index in [2.05, 4.69) is 10.2 Å². The number of H-pyrrole nitrogens is 1. The molecule has 0 unspecified atom stereocenters. The van der Waals surface area contributed by atoms with Gasteiger partial charge in [-0.05, 0) is 12.1 Å². The number of hydrogen-bond donors (Lipinski definition) is 1. The van der Waals surface area contributed by atoms with Crippen molar-refractivity contribution in [2.45, 2.75) is 0 Å². The number of anilines is 1. The van der Waals surface area contributed by atoms with Crippen molar-refractivity contribution < 1.29 is 4.79 Å². The number of fused-ring (bicyclic) bond motifs is 1. The second kappa shape index (κ2) is 3.14. The second-order valence-electron chi connectivity index (χ2n) is 3.39. The molecule has 0 spiro atoms. The molecule has 0 fully saturated rings. The van der Waals surface area contributed by atoms with E-state index in [9.17, 15) is 4.79 Å². The lowest BCUT2D eigenvalue weighted by Gasteiger charge is -2.15. The van der Waals surface area contributed by atoms with E-state index < -0.39 is 0 Å². The molecular formula is C10H11N3O. The van der Waals surface area contributed by atoms with Gasteiger partial charge in [-0.3, -0.25) is 9.89 Å². The summed E-state index contributed by atoms with van der Waals surface area (Å²) in [5.41, 5.74) is 2.69. The summed E-state index contributed by atoms with van der Waals surface area (Å²) in [5, 5.41) is 6.91. The van der Waals surface area contributed by atoms with Crippen LogP contribution in [0.1, 0.15) is 10.4 Å². The molecule has 4 nitrogen and oxygen atoms in total. The first-order valence-corrected chi connectivity index (χ1v) is 4.32. The highest BCUT2D eigenvalue weighted by Gasteiger charge is 2.12. The number of carbonyl (C=O) groups is 1. The molecule has 2 aliphatic rings. The van der Waals surface area contributed by atoms with E-state index in [-0.39, 0.29) is 0 Å². The highest BCUT2D eigenvalue weighted by atomic mass is 16.1. The van der Waals surface area contributed by atoms with E-state index in [1.54, 1.807) is 6.20 Å². The van der Waals surface area contributed by atoms with Gasteiger partial charge in [-0.1, -0.05) is 0 Å². The number of aromatic amines is 1. The molecule has 1 aliphatic heterocycles. The molecule has 0 aromatic rings. The maximum absolute atomic E-state index is 10.6. The second-order valence-corrected chi connectivity index (χ2v) is 3.39. The molecule has 0 aromatic carbocycles. The Morgan fingerprint density at radius 1 is 1.43 bits per heavy atom. The minimum atomic E-state index is 0.685. The third kappa shape index (κ3) is 1.25. The van der Waals surface area contributed by atoms with Gasteiger partial charge in [0, 0.05) is 30.8 Å². The summed E-state index contributed by atoms with van der Waals surface area (Å²) < 4.78 is 0. The van der Waals surface area contributed by atoms with E-state index in [1.165, 1.54) is 0 Å². The van der Waals surface area contributed by atoms with Gasteiger partial charge >= 0.3 is 0 Å². The van der Waals surface area contributed by atoms with Gasteiger partial charge in [-0.25, -0.2) is 0 Å². The normalized spacial score (nSPS) is 10.4. The molecule has 0 saturated carbocycles. The van der Waals surface area contributed by atoms with Crippen LogP contribution in [0.3, 0.4) is 0 Å². The topological polar surface area (TPSA) is 49.0 Å². The number of rotatable bonds is 2. The van der Waals surface area contributed by atoms with Gasteiger partial charge in [-0.15, -0.1) is 0 Å². The largest absolute Gasteiger partial charge is 0.363 e. The molecular weight excluding hydrogens is 178 g/mol. The van der Waals surface area contributed by atoms with Gasteiger partial charge in [0.15, 0.2) is 0 Å². The fraction of sp³-hybridized carbons (Fsp3) is 0.200. The number of aldehydes is 1. The fourth-order valence-electron chi connectivity index (χ4n) is 1.49. The first kappa shape index (κ1) is 8.74. The van der Waals surface area contributed by atoms with Crippen LogP contribution in [0.5, 0.6) is 0 Å². The third-order valence-corrected chi connectivity index (χ3v) is 2.16. The molecule has 0 bridgehead atoms. The van der Waals surface area contributed by atoms with Gasteiger partial charge in [-0.2, -0.15) is 5.10 Å². The highest BCUT2D eigenvalue weighted by molar-refractivity contribution is 5.88. The van der Waals surface area contributed by atoms with Crippen molar-refractivity contribution >= 4 is 12.1 Å². The smallest absolute Gasteiger partial charge is 0.150 e. The molecule has 0 amide bonds. The van der Waals surface area contributed by atoms with Crippen LogP contribution in [-0.2, 0) is 0 Å². The summed E-state index contributed by atoms with van der Waals surface area (Å²) in [5.74, 6) is 0.913. The van der Waals surface area contributed by atoms with E-state index in [0.717, 1.165) is 23.2 Å². The Balaban J connectivity index is 2.65. The average Bonchev–Trinajstić information content (AvgIpc) is 2.59. The third-order valence-electron chi connectivity index (χ3n) is 2.16. The van der Waals surface area contributed by atoms with Crippen molar-refractivity contribution in [2.24, 2.45) is 0 Å². The van der Waals surface area contributed by atoms with Gasteiger partial charge in [0.05, 0.1) is 6.20 Å². The average molecular weight is 189 g/mol. The van der Waals surface area contributed by atoms with Crippen molar-refractivity contribution in [1.82, 2.24) is 10.2 Å². The summed E-state index contributed by atoms with van der Waals surface area (Å²) in [4.78, 5) is 12.5. The quantitative estimate of drug-likeness (QED) is 0.726. The number of carbonyl (C=O) groups excluding carboxylic acids is 1. The van der Waals surface area contributed by atoms with Crippen LogP contribution in [0.2, 0.25) is 0 Å². The molecule has 14 heavy (non-hydrogen) atoms. The van der Waals surface area contributed by atoms with E-state index in [0.29, 0.717) is 5.56 Å². The van der Waals surface area contributed by atoms with Crippen LogP contribution in [0.25, 0.3) is 11.1 Å². The Morgan fingerprint density at radius 2 is 2.21 bits per heavy atom. The van der Waals surface area contributed by atoms with Gasteiger partial charge in [0.1, 0.15) is 12.1 Å². The number of nitrogens with zero attached hydrogens (tertiary/aromatic N) is 2. The Morgan fingerprint density at radius 3 is 2.86 bits per heavy atom. The van der Waals surface area contributed by atoms with Gasteiger partial charge in [0.2, 0.25) is 0 Å². The number of hydrogen-bond acceptors (Lipinski definition) is 3. The van der Waals surface area contributed by atoms with Crippen molar-refractivity contribution in [3.8, 4) is 11.1 Å². The van der Waals surface area contributed by atoms with Crippen LogP contribution in [0.15, 0.2) is 18.3 Å². The standard InChI is InChI=1S/C10H11N3O/c1-13(2)10-9-4-7(6-14)3-8(9)5-11-12-10/h3-6,12H,1-2H3. The van der Waals surface area contributed by atoms with E-state index in [1.807, 2.05) is 31.1 Å². The summed E-state index contributed by atoms with van der Waals surface area (Å²) >= 11 is 0. The molecule has 0 saturated heterocycles. The summed E-state index contributed by atoms with van der Waals surface area (Å²) in [6, 6.07) is 3.69. The zero-order valence-corrected chi connectivity index (χ0v) is 8.11. The van der Waals surface area contributed by atoms with Crippen molar-refractivity contribution in [3.05, 3.63) is 23.9 Å². The number of nitrogens with one attached hydrogen (secondary N) is 1. The predicted molar refractivity (Wildman–Crippen MR) is 54.9 cm³/mol. The molecule has 4 heteroatoms. The van der Waals surface area contributed by atoms with Crippen LogP contribution in [0, 0.1) is 0 Å². The Labute approximate surface area is 81.9 Å². The van der Waals surface area contributed by atoms with Crippen molar-refractivity contribution in [1.29, 1.82) is 0 Å². The zero-order valence-electron chi connectivity index (χ0n) is 8.11. The molecule has 1 aliphatic carbocycles. The molecule has 0 radical (unpaired) electrons. The fourth-order valence-corrected chi connectivity index (χ4v) is 1.49. The SMILES string of the molecule is CN(C)c1[nH]ncc2cc(C=O)cc1-2. The molecule has 1 N–H and O–H groups in total. The minimum absolute atomic E-state index is 0.685. The van der Waals surface area contributed by atoms with Crippen LogP contribution >= 0.6 is 0 Å². The maximum atomic E-state index is 10.6. The summed E-state index contributed by atoms with van der Waals surface area (Å²) in [7, 11) is 3.86. The first-order chi connectivity index (χ1) is 6.72. The summed E-state index contributed by atoms with van der Waals surface area (Å²) in [6.45, 7) is 0. The molecule has 72 valence electrons. The van der Waals surface area contributed by atoms with Crippen molar-refractivity contribution in [3.63, 3.8) is 0 Å². The maximum Gasteiger partial charge on any atom is 0.150 e. The van der Waals surface area contributed by atoms with Crippen molar-refractivity contribution in [2.75, 3.05) is 19.0 Å². The molecule has 0 atom stereocenters. The van der Waals surface area contributed by atoms with E-state index in [4.69, 9.17) is 0 Å². The minimum Gasteiger partial charge on any atom is -0.363 e. The molecule has 0 aromatic heterocycles. The van der Waals surface area contributed by atoms with Crippen LogP contribution < -0.4 is 4.90 Å². The predicted octanol–water partition coefficient (Wildman–Crippen LogP) is 1.39. The highest BCUT2D eigenvalue weighted by Crippen LogP contribution is 2.31. The van der Waals surface area contributed by atoms with Gasteiger partial charge in [0.25, 0.3) is 0 Å². The Kier molecular flexibility index (Phi) is 1.96. The zero-order chi connectivity index (χ0) is 10.1. The lowest BCUT2D eigenvalue weighted by atomic mass is 10.2. The molecule has 2 rings (SSSR count). The molecule has 1 heterocycles.